The first-order valence-electron chi connectivity index (χ1n) is 7.07. The van der Waals surface area contributed by atoms with Gasteiger partial charge in [-0.15, -0.1) is 0 Å². The van der Waals surface area contributed by atoms with Gasteiger partial charge in [0.2, 0.25) is 5.28 Å². The first-order chi connectivity index (χ1) is 10.6. The Kier molecular flexibility index (Phi) is 5.03. The smallest absolute Gasteiger partial charge is 0.224 e. The van der Waals surface area contributed by atoms with Crippen molar-refractivity contribution in [1.82, 2.24) is 15.3 Å². The van der Waals surface area contributed by atoms with Crippen LogP contribution in [0.25, 0.3) is 0 Å². The van der Waals surface area contributed by atoms with Crippen LogP contribution in [0.5, 0.6) is 0 Å². The van der Waals surface area contributed by atoms with E-state index < -0.39 is 0 Å². The van der Waals surface area contributed by atoms with E-state index in [0.29, 0.717) is 16.6 Å². The van der Waals surface area contributed by atoms with Gasteiger partial charge in [-0.1, -0.05) is 29.3 Å². The molecule has 2 N–H and O–H groups in total. The second kappa shape index (κ2) is 7.01. The van der Waals surface area contributed by atoms with E-state index in [2.05, 4.69) is 20.6 Å². The van der Waals surface area contributed by atoms with Crippen LogP contribution >= 0.6 is 34.8 Å². The molecule has 0 aliphatic carbocycles. The predicted octanol–water partition coefficient (Wildman–Crippen LogP) is 3.74. The molecule has 22 heavy (non-hydrogen) atoms. The van der Waals surface area contributed by atoms with E-state index in [-0.39, 0.29) is 5.28 Å². The second-order valence-corrected chi connectivity index (χ2v) is 6.29. The van der Waals surface area contributed by atoms with Crippen LogP contribution in [0.2, 0.25) is 15.3 Å². The van der Waals surface area contributed by atoms with Crippen molar-refractivity contribution >= 4 is 40.6 Å². The van der Waals surface area contributed by atoms with Gasteiger partial charge in [-0.25, -0.2) is 9.97 Å². The lowest BCUT2D eigenvalue weighted by atomic mass is 10.1. The number of anilines is 1. The molecule has 1 aromatic heterocycles. The van der Waals surface area contributed by atoms with Crippen molar-refractivity contribution in [2.75, 3.05) is 18.4 Å². The standard InChI is InChI=1S/C15H15Cl3N4/c16-10-2-1-9(12(17)7-10)8-20-14-11-3-5-19-6-4-13(11)21-15(18)22-14/h1-2,7,19H,3-6,8H2,(H,20,21,22). The zero-order valence-corrected chi connectivity index (χ0v) is 14.1. The summed E-state index contributed by atoms with van der Waals surface area (Å²) >= 11 is 18.2. The molecule has 3 rings (SSSR count). The monoisotopic (exact) mass is 356 g/mol. The highest BCUT2D eigenvalue weighted by Gasteiger charge is 2.16. The number of rotatable bonds is 3. The highest BCUT2D eigenvalue weighted by molar-refractivity contribution is 6.35. The molecule has 0 atom stereocenters. The van der Waals surface area contributed by atoms with Gasteiger partial charge in [0.05, 0.1) is 5.69 Å². The molecule has 0 amide bonds. The molecular weight excluding hydrogens is 343 g/mol. The lowest BCUT2D eigenvalue weighted by molar-refractivity contribution is 0.708. The first kappa shape index (κ1) is 15.8. The minimum absolute atomic E-state index is 0.269. The molecule has 0 bridgehead atoms. The summed E-state index contributed by atoms with van der Waals surface area (Å²) in [5.41, 5.74) is 3.09. The lowest BCUT2D eigenvalue weighted by Gasteiger charge is -2.13. The molecule has 0 unspecified atom stereocenters. The molecule has 0 saturated carbocycles. The summed E-state index contributed by atoms with van der Waals surface area (Å²) in [5.74, 6) is 0.782. The molecule has 2 heterocycles. The van der Waals surface area contributed by atoms with Gasteiger partial charge in [0.15, 0.2) is 0 Å². The van der Waals surface area contributed by atoms with Crippen molar-refractivity contribution in [3.8, 4) is 0 Å². The van der Waals surface area contributed by atoms with Crippen LogP contribution in [0.3, 0.4) is 0 Å². The molecule has 1 aliphatic rings. The molecule has 0 radical (unpaired) electrons. The average molecular weight is 358 g/mol. The number of nitrogens with one attached hydrogen (secondary N) is 2. The Morgan fingerprint density at radius 3 is 2.73 bits per heavy atom. The molecule has 4 nitrogen and oxygen atoms in total. The van der Waals surface area contributed by atoms with Crippen LogP contribution in [-0.4, -0.2) is 23.1 Å². The van der Waals surface area contributed by atoms with Crippen LogP contribution in [0.1, 0.15) is 16.8 Å². The van der Waals surface area contributed by atoms with Crippen LogP contribution in [0.15, 0.2) is 18.2 Å². The van der Waals surface area contributed by atoms with E-state index in [1.54, 1.807) is 6.07 Å². The molecule has 116 valence electrons. The third-order valence-corrected chi connectivity index (χ3v) is 4.37. The highest BCUT2D eigenvalue weighted by Crippen LogP contribution is 2.25. The minimum atomic E-state index is 0.269. The molecule has 1 aliphatic heterocycles. The zero-order valence-electron chi connectivity index (χ0n) is 11.8. The fourth-order valence-electron chi connectivity index (χ4n) is 2.51. The van der Waals surface area contributed by atoms with Gasteiger partial charge in [0, 0.05) is 35.1 Å². The quantitative estimate of drug-likeness (QED) is 0.822. The van der Waals surface area contributed by atoms with Crippen molar-refractivity contribution < 1.29 is 0 Å². The molecule has 2 aromatic rings. The van der Waals surface area contributed by atoms with E-state index in [1.807, 2.05) is 12.1 Å². The van der Waals surface area contributed by atoms with E-state index in [1.165, 1.54) is 0 Å². The fourth-order valence-corrected chi connectivity index (χ4v) is 3.17. The maximum Gasteiger partial charge on any atom is 0.224 e. The molecule has 1 aromatic carbocycles. The zero-order chi connectivity index (χ0) is 15.5. The number of fused-ring (bicyclic) bond motifs is 1. The van der Waals surface area contributed by atoms with Crippen LogP contribution in [-0.2, 0) is 19.4 Å². The van der Waals surface area contributed by atoms with Gasteiger partial charge < -0.3 is 10.6 Å². The van der Waals surface area contributed by atoms with Crippen molar-refractivity contribution in [2.24, 2.45) is 0 Å². The Morgan fingerprint density at radius 2 is 1.91 bits per heavy atom. The van der Waals surface area contributed by atoms with Gasteiger partial charge in [0.25, 0.3) is 0 Å². The number of hydrogen-bond donors (Lipinski definition) is 2. The number of halogens is 3. The number of benzene rings is 1. The third-order valence-electron chi connectivity index (χ3n) is 3.62. The van der Waals surface area contributed by atoms with E-state index in [4.69, 9.17) is 34.8 Å². The van der Waals surface area contributed by atoms with Gasteiger partial charge in [-0.05, 0) is 42.3 Å². The van der Waals surface area contributed by atoms with Crippen LogP contribution in [0, 0.1) is 0 Å². The Hall–Kier alpha value is -1.07. The molecule has 0 saturated heterocycles. The number of aromatic nitrogens is 2. The van der Waals surface area contributed by atoms with Gasteiger partial charge in [-0.2, -0.15) is 0 Å². The lowest BCUT2D eigenvalue weighted by Crippen LogP contribution is -2.16. The van der Waals surface area contributed by atoms with Crippen LogP contribution in [0.4, 0.5) is 5.82 Å². The summed E-state index contributed by atoms with van der Waals surface area (Å²) in [5, 5.41) is 8.21. The largest absolute Gasteiger partial charge is 0.366 e. The van der Waals surface area contributed by atoms with Crippen molar-refractivity contribution in [1.29, 1.82) is 0 Å². The van der Waals surface area contributed by atoms with E-state index in [0.717, 1.165) is 48.6 Å². The maximum absolute atomic E-state index is 6.20. The van der Waals surface area contributed by atoms with E-state index in [9.17, 15) is 0 Å². The highest BCUT2D eigenvalue weighted by atomic mass is 35.5. The van der Waals surface area contributed by atoms with Crippen molar-refractivity contribution in [2.45, 2.75) is 19.4 Å². The summed E-state index contributed by atoms with van der Waals surface area (Å²) in [6, 6.07) is 5.46. The normalized spacial score (nSPS) is 14.3. The van der Waals surface area contributed by atoms with Gasteiger partial charge in [-0.3, -0.25) is 0 Å². The summed E-state index contributed by atoms with van der Waals surface area (Å²) in [4.78, 5) is 8.69. The maximum atomic E-state index is 6.20. The predicted molar refractivity (Wildman–Crippen MR) is 91.1 cm³/mol. The summed E-state index contributed by atoms with van der Waals surface area (Å²) in [6.45, 7) is 2.38. The van der Waals surface area contributed by atoms with Gasteiger partial charge in [0.1, 0.15) is 5.82 Å². The summed E-state index contributed by atoms with van der Waals surface area (Å²) in [6.07, 6.45) is 1.73. The Balaban J connectivity index is 1.84. The topological polar surface area (TPSA) is 49.8 Å². The molecule has 0 spiro atoms. The van der Waals surface area contributed by atoms with Crippen LogP contribution < -0.4 is 10.6 Å². The SMILES string of the molecule is Clc1ccc(CNc2nc(Cl)nc3c2CCNCC3)c(Cl)c1. The Labute approximate surface area is 144 Å². The first-order valence-corrected chi connectivity index (χ1v) is 8.20. The fraction of sp³-hybridized carbons (Fsp3) is 0.333. The Morgan fingerprint density at radius 1 is 1.09 bits per heavy atom. The molecular formula is C15H15Cl3N4. The van der Waals surface area contributed by atoms with Crippen molar-refractivity contribution in [3.05, 3.63) is 50.3 Å². The number of hydrogen-bond acceptors (Lipinski definition) is 4. The van der Waals surface area contributed by atoms with Crippen molar-refractivity contribution in [3.63, 3.8) is 0 Å². The van der Waals surface area contributed by atoms with E-state index >= 15 is 0 Å². The molecule has 0 fully saturated rings. The average Bonchev–Trinajstić information content (AvgIpc) is 2.71. The minimum Gasteiger partial charge on any atom is -0.366 e. The summed E-state index contributed by atoms with van der Waals surface area (Å²) < 4.78 is 0. The third kappa shape index (κ3) is 3.63. The summed E-state index contributed by atoms with van der Waals surface area (Å²) in [7, 11) is 0. The Bertz CT molecular complexity index is 691. The molecule has 7 heteroatoms. The van der Waals surface area contributed by atoms with Gasteiger partial charge >= 0.3 is 0 Å². The number of nitrogens with zero attached hydrogens (tertiary/aromatic N) is 2. The second-order valence-electron chi connectivity index (χ2n) is 5.11.